The van der Waals surface area contributed by atoms with Crippen molar-refractivity contribution in [1.82, 2.24) is 19.7 Å². The van der Waals surface area contributed by atoms with Crippen LogP contribution in [0.25, 0.3) is 11.0 Å². The van der Waals surface area contributed by atoms with Crippen molar-refractivity contribution in [3.63, 3.8) is 0 Å². The summed E-state index contributed by atoms with van der Waals surface area (Å²) in [7, 11) is 0. The lowest BCUT2D eigenvalue weighted by Crippen LogP contribution is -2.46. The Bertz CT molecular complexity index is 732. The fraction of sp³-hybridized carbons (Fsp3) is 0.667. The first-order valence-electron chi connectivity index (χ1n) is 7.64. The molecule has 0 aliphatic carbocycles. The molecule has 1 aliphatic rings. The normalized spacial score (nSPS) is 23.2. The van der Waals surface area contributed by atoms with Gasteiger partial charge in [-0.2, -0.15) is 10.1 Å². The van der Waals surface area contributed by atoms with Crippen LogP contribution < -0.4 is 10.5 Å². The largest absolute Gasteiger partial charge is 0.372 e. The van der Waals surface area contributed by atoms with E-state index < -0.39 is 0 Å². The Labute approximate surface area is 129 Å². The van der Waals surface area contributed by atoms with Crippen molar-refractivity contribution in [3.8, 4) is 0 Å². The molecule has 7 heteroatoms. The number of rotatable bonds is 1. The first-order chi connectivity index (χ1) is 10.3. The van der Waals surface area contributed by atoms with Gasteiger partial charge >= 0.3 is 0 Å². The summed E-state index contributed by atoms with van der Waals surface area (Å²) in [6.45, 7) is 11.6. The van der Waals surface area contributed by atoms with E-state index in [4.69, 9.17) is 4.74 Å². The van der Waals surface area contributed by atoms with Gasteiger partial charge in [0.1, 0.15) is 5.39 Å². The Balaban J connectivity index is 2.10. The summed E-state index contributed by atoms with van der Waals surface area (Å²) in [5, 5.41) is 4.86. The minimum absolute atomic E-state index is 0.109. The predicted molar refractivity (Wildman–Crippen MR) is 85.4 cm³/mol. The monoisotopic (exact) mass is 305 g/mol. The van der Waals surface area contributed by atoms with Gasteiger partial charge in [0.2, 0.25) is 5.95 Å². The third kappa shape index (κ3) is 2.61. The summed E-state index contributed by atoms with van der Waals surface area (Å²) >= 11 is 0. The average Bonchev–Trinajstić information content (AvgIpc) is 2.81. The molecule has 3 heterocycles. The number of aromatic amines is 1. The van der Waals surface area contributed by atoms with Gasteiger partial charge in [-0.3, -0.25) is 9.78 Å². The molecule has 1 N–H and O–H groups in total. The molecule has 1 fully saturated rings. The van der Waals surface area contributed by atoms with E-state index in [9.17, 15) is 4.79 Å². The van der Waals surface area contributed by atoms with E-state index in [1.807, 2.05) is 34.6 Å². The zero-order valence-electron chi connectivity index (χ0n) is 13.8. The summed E-state index contributed by atoms with van der Waals surface area (Å²) in [6, 6.07) is 0. The first-order valence-corrected chi connectivity index (χ1v) is 7.64. The Hall–Kier alpha value is -1.89. The smallest absolute Gasteiger partial charge is 0.263 e. The Morgan fingerprint density at radius 3 is 2.50 bits per heavy atom. The van der Waals surface area contributed by atoms with Gasteiger partial charge in [0.25, 0.3) is 5.56 Å². The molecule has 1 aliphatic heterocycles. The number of hydrogen-bond donors (Lipinski definition) is 1. The fourth-order valence-electron chi connectivity index (χ4n) is 2.90. The highest BCUT2D eigenvalue weighted by Gasteiger charge is 2.26. The predicted octanol–water partition coefficient (Wildman–Crippen LogP) is 1.49. The van der Waals surface area contributed by atoms with Crippen LogP contribution in [0, 0.1) is 0 Å². The lowest BCUT2D eigenvalue weighted by atomic mass is 10.1. The third-order valence-corrected chi connectivity index (χ3v) is 3.78. The summed E-state index contributed by atoms with van der Waals surface area (Å²) < 4.78 is 7.54. The van der Waals surface area contributed by atoms with Crippen LogP contribution >= 0.6 is 0 Å². The second-order valence-corrected chi connectivity index (χ2v) is 7.02. The van der Waals surface area contributed by atoms with E-state index >= 15 is 0 Å². The molecular formula is C15H23N5O2. The molecule has 2 unspecified atom stereocenters. The van der Waals surface area contributed by atoms with Crippen molar-refractivity contribution in [3.05, 3.63) is 16.6 Å². The van der Waals surface area contributed by atoms with Gasteiger partial charge < -0.3 is 9.64 Å². The molecule has 1 saturated heterocycles. The minimum atomic E-state index is -0.231. The molecule has 22 heavy (non-hydrogen) atoms. The van der Waals surface area contributed by atoms with Gasteiger partial charge in [-0.1, -0.05) is 0 Å². The summed E-state index contributed by atoms with van der Waals surface area (Å²) in [5.41, 5.74) is 0.242. The number of fused-ring (bicyclic) bond motifs is 1. The van der Waals surface area contributed by atoms with Crippen molar-refractivity contribution < 1.29 is 4.74 Å². The molecule has 2 aromatic rings. The fourth-order valence-corrected chi connectivity index (χ4v) is 2.90. The lowest BCUT2D eigenvalue weighted by molar-refractivity contribution is -0.00572. The lowest BCUT2D eigenvalue weighted by Gasteiger charge is -2.35. The minimum Gasteiger partial charge on any atom is -0.372 e. The van der Waals surface area contributed by atoms with Crippen LogP contribution in [0.3, 0.4) is 0 Å². The van der Waals surface area contributed by atoms with E-state index in [-0.39, 0.29) is 23.3 Å². The molecule has 0 bridgehead atoms. The molecule has 2 atom stereocenters. The summed E-state index contributed by atoms with van der Waals surface area (Å²) in [6.07, 6.45) is 1.80. The van der Waals surface area contributed by atoms with Gasteiger partial charge in [-0.25, -0.2) is 4.68 Å². The highest BCUT2D eigenvalue weighted by molar-refractivity contribution is 5.74. The Morgan fingerprint density at radius 1 is 1.27 bits per heavy atom. The maximum Gasteiger partial charge on any atom is 0.263 e. The van der Waals surface area contributed by atoms with Crippen LogP contribution in [0.1, 0.15) is 34.6 Å². The number of anilines is 1. The number of nitrogens with zero attached hydrogens (tertiary/aromatic N) is 4. The second-order valence-electron chi connectivity index (χ2n) is 7.02. The SMILES string of the molecule is CC1CN(c2nc3c(cnn3C(C)(C)C)c(=O)[nH]2)CC(C)O1. The molecule has 0 aromatic carbocycles. The van der Waals surface area contributed by atoms with Gasteiger partial charge in [-0.15, -0.1) is 0 Å². The zero-order valence-corrected chi connectivity index (χ0v) is 13.8. The van der Waals surface area contributed by atoms with Crippen molar-refractivity contribution >= 4 is 17.0 Å². The molecule has 0 spiro atoms. The molecule has 0 saturated carbocycles. The molecule has 120 valence electrons. The molecule has 7 nitrogen and oxygen atoms in total. The van der Waals surface area contributed by atoms with Crippen LogP contribution in [-0.4, -0.2) is 45.0 Å². The summed E-state index contributed by atoms with van der Waals surface area (Å²) in [4.78, 5) is 22.0. The van der Waals surface area contributed by atoms with Crippen LogP contribution in [0.15, 0.2) is 11.0 Å². The number of hydrogen-bond acceptors (Lipinski definition) is 5. The highest BCUT2D eigenvalue weighted by Crippen LogP contribution is 2.21. The van der Waals surface area contributed by atoms with Gasteiger partial charge in [-0.05, 0) is 34.6 Å². The maximum atomic E-state index is 12.3. The zero-order chi connectivity index (χ0) is 16.1. The van der Waals surface area contributed by atoms with Crippen LogP contribution in [0.4, 0.5) is 5.95 Å². The summed E-state index contributed by atoms with van der Waals surface area (Å²) in [5.74, 6) is 0.588. The molecule has 3 rings (SSSR count). The van der Waals surface area contributed by atoms with E-state index in [0.717, 1.165) is 0 Å². The quantitative estimate of drug-likeness (QED) is 0.864. The molecule has 0 radical (unpaired) electrons. The van der Waals surface area contributed by atoms with Gasteiger partial charge in [0, 0.05) is 13.1 Å². The van der Waals surface area contributed by atoms with E-state index in [0.29, 0.717) is 30.1 Å². The average molecular weight is 305 g/mol. The van der Waals surface area contributed by atoms with Crippen molar-refractivity contribution in [2.24, 2.45) is 0 Å². The number of H-pyrrole nitrogens is 1. The second kappa shape index (κ2) is 5.08. The molecule has 2 aromatic heterocycles. The highest BCUT2D eigenvalue weighted by atomic mass is 16.5. The van der Waals surface area contributed by atoms with E-state index in [1.54, 1.807) is 10.9 Å². The molecular weight excluding hydrogens is 282 g/mol. The standard InChI is InChI=1S/C15H23N5O2/c1-9-7-19(8-10(2)22-9)14-17-12-11(13(21)18-14)6-16-20(12)15(3,4)5/h6,9-10H,7-8H2,1-5H3,(H,17,18,21). The third-order valence-electron chi connectivity index (χ3n) is 3.78. The Kier molecular flexibility index (Phi) is 3.47. The van der Waals surface area contributed by atoms with Crippen LogP contribution in [-0.2, 0) is 10.3 Å². The van der Waals surface area contributed by atoms with Crippen molar-refractivity contribution in [2.45, 2.75) is 52.4 Å². The van der Waals surface area contributed by atoms with Crippen molar-refractivity contribution in [2.75, 3.05) is 18.0 Å². The van der Waals surface area contributed by atoms with Gasteiger partial charge in [0.05, 0.1) is 23.9 Å². The first kappa shape index (κ1) is 15.0. The van der Waals surface area contributed by atoms with E-state index in [2.05, 4.69) is 20.0 Å². The van der Waals surface area contributed by atoms with Crippen LogP contribution in [0.5, 0.6) is 0 Å². The Morgan fingerprint density at radius 2 is 1.91 bits per heavy atom. The topological polar surface area (TPSA) is 76.0 Å². The van der Waals surface area contributed by atoms with Gasteiger partial charge in [0.15, 0.2) is 5.65 Å². The maximum absolute atomic E-state index is 12.3. The van der Waals surface area contributed by atoms with Crippen molar-refractivity contribution in [1.29, 1.82) is 0 Å². The van der Waals surface area contributed by atoms with E-state index in [1.165, 1.54) is 0 Å². The number of ether oxygens (including phenoxy) is 1. The number of nitrogens with one attached hydrogen (secondary N) is 1. The van der Waals surface area contributed by atoms with Crippen LogP contribution in [0.2, 0.25) is 0 Å². The number of morpholine rings is 1. The number of aromatic nitrogens is 4. The molecule has 0 amide bonds.